The maximum absolute atomic E-state index is 12.9. The number of carbonyl (C=O) groups is 1. The molecule has 33 heavy (non-hydrogen) atoms. The fraction of sp³-hybridized carbons (Fsp3) is 0.391. The summed E-state index contributed by atoms with van der Waals surface area (Å²) >= 11 is 0. The van der Waals surface area contributed by atoms with E-state index in [0.717, 1.165) is 36.4 Å². The van der Waals surface area contributed by atoms with Gasteiger partial charge in [0, 0.05) is 39.4 Å². The molecule has 1 amide bonds. The van der Waals surface area contributed by atoms with E-state index in [1.807, 2.05) is 31.1 Å². The number of likely N-dealkylation sites (N-methyl/N-ethyl adjacent to an activating group) is 2. The van der Waals surface area contributed by atoms with Crippen molar-refractivity contribution < 1.29 is 13.9 Å². The first-order valence-corrected chi connectivity index (χ1v) is 11.0. The third-order valence-electron chi connectivity index (χ3n) is 5.80. The molecule has 5 heterocycles. The first-order chi connectivity index (χ1) is 16.0. The van der Waals surface area contributed by atoms with Crippen molar-refractivity contribution in [3.05, 3.63) is 42.4 Å². The molecule has 4 aromatic heterocycles. The minimum Gasteiger partial charge on any atom is -0.454 e. The monoisotopic (exact) mass is 449 g/mol. The van der Waals surface area contributed by atoms with Crippen molar-refractivity contribution in [2.45, 2.75) is 0 Å². The van der Waals surface area contributed by atoms with E-state index < -0.39 is 0 Å². The average molecular weight is 450 g/mol. The van der Waals surface area contributed by atoms with Crippen LogP contribution in [0.4, 0.5) is 5.82 Å². The zero-order valence-corrected chi connectivity index (χ0v) is 19.1. The van der Waals surface area contributed by atoms with Gasteiger partial charge in [-0.2, -0.15) is 5.10 Å². The number of imidazole rings is 1. The lowest BCUT2D eigenvalue weighted by molar-refractivity contribution is 0.0779. The van der Waals surface area contributed by atoms with Gasteiger partial charge in [0.15, 0.2) is 11.4 Å². The quantitative estimate of drug-likeness (QED) is 0.441. The predicted molar refractivity (Wildman–Crippen MR) is 125 cm³/mol. The van der Waals surface area contributed by atoms with Gasteiger partial charge >= 0.3 is 0 Å². The third kappa shape index (κ3) is 4.14. The van der Waals surface area contributed by atoms with Crippen LogP contribution in [-0.4, -0.2) is 95.8 Å². The largest absolute Gasteiger partial charge is 0.454 e. The summed E-state index contributed by atoms with van der Waals surface area (Å²) in [6.45, 7) is 4.33. The Kier molecular flexibility index (Phi) is 5.69. The minimum atomic E-state index is -0.137. The summed E-state index contributed by atoms with van der Waals surface area (Å²) in [6.07, 6.45) is 3.47. The molecule has 0 saturated carbocycles. The molecular weight excluding hydrogens is 422 g/mol. The number of carbonyl (C=O) groups excluding carboxylic acids is 1. The molecule has 1 aliphatic heterocycles. The minimum absolute atomic E-state index is 0.137. The number of hydrogen-bond donors (Lipinski definition) is 0. The number of ether oxygens (including phenoxy) is 1. The normalized spacial score (nSPS) is 14.5. The predicted octanol–water partition coefficient (Wildman–Crippen LogP) is 2.01. The lowest BCUT2D eigenvalue weighted by Crippen LogP contribution is -2.36. The first-order valence-electron chi connectivity index (χ1n) is 11.0. The summed E-state index contributed by atoms with van der Waals surface area (Å²) in [4.78, 5) is 27.9. The zero-order valence-electron chi connectivity index (χ0n) is 19.1. The second kappa shape index (κ2) is 8.80. The number of hydrogen-bond acceptors (Lipinski definition) is 8. The number of fused-ring (bicyclic) bond motifs is 2. The Hall–Kier alpha value is -3.50. The fourth-order valence-corrected chi connectivity index (χ4v) is 3.90. The molecule has 1 aliphatic rings. The van der Waals surface area contributed by atoms with Crippen molar-refractivity contribution in [2.24, 2.45) is 0 Å². The third-order valence-corrected chi connectivity index (χ3v) is 5.80. The highest BCUT2D eigenvalue weighted by atomic mass is 16.5. The maximum Gasteiger partial charge on any atom is 0.274 e. The summed E-state index contributed by atoms with van der Waals surface area (Å²) in [5, 5.41) is 5.52. The van der Waals surface area contributed by atoms with Gasteiger partial charge < -0.3 is 23.9 Å². The van der Waals surface area contributed by atoms with Gasteiger partial charge in [-0.15, -0.1) is 0 Å². The lowest BCUT2D eigenvalue weighted by atomic mass is 10.2. The van der Waals surface area contributed by atoms with Gasteiger partial charge in [0.1, 0.15) is 22.8 Å². The molecule has 5 rings (SSSR count). The van der Waals surface area contributed by atoms with Crippen molar-refractivity contribution in [3.8, 4) is 11.5 Å². The Morgan fingerprint density at radius 2 is 1.91 bits per heavy atom. The number of furan rings is 1. The topological polar surface area (TPSA) is 92.2 Å². The molecule has 0 unspecified atom stereocenters. The molecule has 172 valence electrons. The highest BCUT2D eigenvalue weighted by molar-refractivity contribution is 5.93. The van der Waals surface area contributed by atoms with Crippen molar-refractivity contribution in [1.29, 1.82) is 0 Å². The van der Waals surface area contributed by atoms with Crippen LogP contribution < -0.4 is 4.90 Å². The van der Waals surface area contributed by atoms with Gasteiger partial charge in [0.05, 0.1) is 24.8 Å². The molecule has 4 aromatic rings. The van der Waals surface area contributed by atoms with Crippen molar-refractivity contribution in [1.82, 2.24) is 29.4 Å². The van der Waals surface area contributed by atoms with Crippen LogP contribution in [0.5, 0.6) is 0 Å². The Morgan fingerprint density at radius 1 is 1.09 bits per heavy atom. The van der Waals surface area contributed by atoms with Gasteiger partial charge in [-0.1, -0.05) is 0 Å². The summed E-state index contributed by atoms with van der Waals surface area (Å²) in [6, 6.07) is 7.33. The second-order valence-electron chi connectivity index (χ2n) is 8.42. The average Bonchev–Trinajstić information content (AvgIpc) is 3.45. The lowest BCUT2D eigenvalue weighted by Gasteiger charge is -2.28. The molecule has 0 aromatic carbocycles. The maximum atomic E-state index is 12.9. The van der Waals surface area contributed by atoms with E-state index in [9.17, 15) is 4.79 Å². The van der Waals surface area contributed by atoms with Gasteiger partial charge in [0.2, 0.25) is 0 Å². The molecular formula is C23H27N7O3. The van der Waals surface area contributed by atoms with Gasteiger partial charge in [0.25, 0.3) is 5.91 Å². The second-order valence-corrected chi connectivity index (χ2v) is 8.42. The zero-order chi connectivity index (χ0) is 22.9. The molecule has 0 radical (unpaired) electrons. The van der Waals surface area contributed by atoms with E-state index in [1.165, 1.54) is 0 Å². The van der Waals surface area contributed by atoms with E-state index in [0.29, 0.717) is 42.6 Å². The van der Waals surface area contributed by atoms with Crippen LogP contribution in [0.2, 0.25) is 0 Å². The molecule has 0 aliphatic carbocycles. The number of nitrogens with zero attached hydrogens (tertiary/aromatic N) is 7. The van der Waals surface area contributed by atoms with Crippen LogP contribution >= 0.6 is 0 Å². The van der Waals surface area contributed by atoms with Crippen molar-refractivity contribution >= 4 is 28.3 Å². The molecule has 1 fully saturated rings. The van der Waals surface area contributed by atoms with E-state index >= 15 is 0 Å². The molecule has 0 atom stereocenters. The summed E-state index contributed by atoms with van der Waals surface area (Å²) in [5.41, 5.74) is 2.42. The van der Waals surface area contributed by atoms with Gasteiger partial charge in [-0.05, 0) is 38.4 Å². The van der Waals surface area contributed by atoms with Crippen LogP contribution in [0.25, 0.3) is 28.1 Å². The molecule has 0 N–H and O–H groups in total. The number of aromatic nitrogens is 4. The fourth-order valence-electron chi connectivity index (χ4n) is 3.90. The van der Waals surface area contributed by atoms with Gasteiger partial charge in [-0.25, -0.2) is 14.5 Å². The standard InChI is InChI=1S/C23H27N7O3/c1-27(2)8-9-28(3)23(31)17-4-5-21-25-15-18(30(21)26-17)20-14-16-19(33-20)6-7-24-22(16)29-10-12-32-13-11-29/h4-7,14-15H,8-13H2,1-3H3. The van der Waals surface area contributed by atoms with E-state index in [-0.39, 0.29) is 5.91 Å². The highest BCUT2D eigenvalue weighted by Crippen LogP contribution is 2.33. The van der Waals surface area contributed by atoms with Crippen LogP contribution in [-0.2, 0) is 4.74 Å². The molecule has 0 bridgehead atoms. The van der Waals surface area contributed by atoms with Gasteiger partial charge in [-0.3, -0.25) is 4.79 Å². The smallest absolute Gasteiger partial charge is 0.274 e. The molecule has 10 heteroatoms. The van der Waals surface area contributed by atoms with E-state index in [1.54, 1.807) is 41.0 Å². The number of anilines is 1. The molecule has 1 saturated heterocycles. The molecule has 10 nitrogen and oxygen atoms in total. The summed E-state index contributed by atoms with van der Waals surface area (Å²) < 4.78 is 13.3. The Morgan fingerprint density at radius 3 is 2.70 bits per heavy atom. The number of morpholine rings is 1. The number of pyridine rings is 1. The first kappa shape index (κ1) is 21.4. The highest BCUT2D eigenvalue weighted by Gasteiger charge is 2.21. The van der Waals surface area contributed by atoms with Crippen LogP contribution in [0.1, 0.15) is 10.5 Å². The van der Waals surface area contributed by atoms with E-state index in [4.69, 9.17) is 9.15 Å². The van der Waals surface area contributed by atoms with Crippen molar-refractivity contribution in [3.63, 3.8) is 0 Å². The number of rotatable bonds is 6. The molecule has 0 spiro atoms. The van der Waals surface area contributed by atoms with Crippen molar-refractivity contribution in [2.75, 3.05) is 65.4 Å². The van der Waals surface area contributed by atoms with Crippen LogP contribution in [0.3, 0.4) is 0 Å². The Bertz CT molecular complexity index is 1290. The SMILES string of the molecule is CN(C)CCN(C)C(=O)c1ccc2ncc(-c3cc4c(N5CCOCC5)nccc4o3)n2n1. The Labute approximate surface area is 191 Å². The van der Waals surface area contributed by atoms with Crippen LogP contribution in [0.15, 0.2) is 41.1 Å². The summed E-state index contributed by atoms with van der Waals surface area (Å²) in [7, 11) is 5.74. The summed E-state index contributed by atoms with van der Waals surface area (Å²) in [5.74, 6) is 1.37. The Balaban J connectivity index is 1.50. The van der Waals surface area contributed by atoms with E-state index in [2.05, 4.69) is 20.0 Å². The number of amides is 1. The van der Waals surface area contributed by atoms with Crippen LogP contribution in [0, 0.1) is 0 Å².